The number of hydrogen-bond donors (Lipinski definition) is 0. The van der Waals surface area contributed by atoms with Crippen molar-refractivity contribution in [1.82, 2.24) is 9.97 Å². The molecule has 1 aliphatic heterocycles. The predicted octanol–water partition coefficient (Wildman–Crippen LogP) is 3.11. The van der Waals surface area contributed by atoms with Crippen LogP contribution in [0.2, 0.25) is 0 Å². The first kappa shape index (κ1) is 13.8. The third-order valence-corrected chi connectivity index (χ3v) is 3.04. The zero-order valence-electron chi connectivity index (χ0n) is 10.9. The molecule has 1 aliphatic rings. The molecule has 0 fully saturated rings. The van der Waals surface area contributed by atoms with Crippen LogP contribution in [0.25, 0.3) is 11.4 Å². The molecule has 0 N–H and O–H groups in total. The second-order valence-electron chi connectivity index (χ2n) is 4.54. The minimum atomic E-state index is -4.69. The fraction of sp³-hybridized carbons (Fsp3) is 0.286. The molecule has 0 amide bonds. The van der Waals surface area contributed by atoms with E-state index in [0.717, 1.165) is 11.3 Å². The molecular weight excluding hydrogens is 285 g/mol. The molecule has 0 unspecified atom stereocenters. The number of fused-ring (bicyclic) bond motifs is 1. The average Bonchev–Trinajstić information content (AvgIpc) is 2.46. The van der Waals surface area contributed by atoms with Gasteiger partial charge in [-0.1, -0.05) is 0 Å². The van der Waals surface area contributed by atoms with Gasteiger partial charge in [0.2, 0.25) is 0 Å². The normalized spacial score (nSPS) is 14.6. The number of alkyl halides is 3. The van der Waals surface area contributed by atoms with Crippen molar-refractivity contribution < 1.29 is 22.6 Å². The fourth-order valence-electron chi connectivity index (χ4n) is 2.07. The standard InChI is InChI=1S/C14H11F3N2O2/c15-14(16,17)21-11-3-1-9(2-4-11)13-18-7-10-8-20-6-5-12(10)19-13/h1-4,7H,5-6,8H2. The quantitative estimate of drug-likeness (QED) is 0.854. The summed E-state index contributed by atoms with van der Waals surface area (Å²) in [6.07, 6.45) is -2.29. The number of benzene rings is 1. The van der Waals surface area contributed by atoms with Gasteiger partial charge in [0.1, 0.15) is 5.75 Å². The van der Waals surface area contributed by atoms with Gasteiger partial charge in [0.25, 0.3) is 0 Å². The van der Waals surface area contributed by atoms with E-state index in [2.05, 4.69) is 14.7 Å². The minimum absolute atomic E-state index is 0.266. The molecule has 3 rings (SSSR count). The highest BCUT2D eigenvalue weighted by molar-refractivity contribution is 5.56. The SMILES string of the molecule is FC(F)(F)Oc1ccc(-c2ncc3c(n2)CCOC3)cc1. The van der Waals surface area contributed by atoms with E-state index in [-0.39, 0.29) is 5.75 Å². The van der Waals surface area contributed by atoms with E-state index in [1.165, 1.54) is 24.3 Å². The van der Waals surface area contributed by atoms with E-state index in [9.17, 15) is 13.2 Å². The summed E-state index contributed by atoms with van der Waals surface area (Å²) in [5, 5.41) is 0. The lowest BCUT2D eigenvalue weighted by Gasteiger charge is -2.15. The van der Waals surface area contributed by atoms with Crippen LogP contribution >= 0.6 is 0 Å². The Morgan fingerprint density at radius 3 is 2.62 bits per heavy atom. The summed E-state index contributed by atoms with van der Waals surface area (Å²) in [6.45, 7) is 1.11. The molecule has 0 saturated heterocycles. The van der Waals surface area contributed by atoms with Crippen molar-refractivity contribution in [2.75, 3.05) is 6.61 Å². The number of hydrogen-bond acceptors (Lipinski definition) is 4. The Balaban J connectivity index is 1.84. The molecule has 21 heavy (non-hydrogen) atoms. The molecule has 7 heteroatoms. The summed E-state index contributed by atoms with van der Waals surface area (Å²) >= 11 is 0. The van der Waals surface area contributed by atoms with Gasteiger partial charge < -0.3 is 9.47 Å². The smallest absolute Gasteiger partial charge is 0.406 e. The molecule has 0 atom stereocenters. The first-order chi connectivity index (χ1) is 10.0. The molecule has 4 nitrogen and oxygen atoms in total. The highest BCUT2D eigenvalue weighted by Crippen LogP contribution is 2.26. The Morgan fingerprint density at radius 1 is 1.14 bits per heavy atom. The predicted molar refractivity (Wildman–Crippen MR) is 67.5 cm³/mol. The fourth-order valence-corrected chi connectivity index (χ4v) is 2.07. The topological polar surface area (TPSA) is 44.2 Å². The van der Waals surface area contributed by atoms with Gasteiger partial charge in [-0.2, -0.15) is 0 Å². The zero-order chi connectivity index (χ0) is 14.9. The monoisotopic (exact) mass is 296 g/mol. The maximum Gasteiger partial charge on any atom is 0.573 e. The lowest BCUT2D eigenvalue weighted by atomic mass is 10.1. The Labute approximate surface area is 118 Å². The Hall–Kier alpha value is -2.15. The van der Waals surface area contributed by atoms with Crippen LogP contribution in [-0.2, 0) is 17.8 Å². The maximum absolute atomic E-state index is 12.1. The van der Waals surface area contributed by atoms with Gasteiger partial charge in [0.15, 0.2) is 5.82 Å². The van der Waals surface area contributed by atoms with E-state index in [1.807, 2.05) is 0 Å². The van der Waals surface area contributed by atoms with Crippen LogP contribution in [0.1, 0.15) is 11.3 Å². The zero-order valence-corrected chi connectivity index (χ0v) is 10.9. The largest absolute Gasteiger partial charge is 0.573 e. The van der Waals surface area contributed by atoms with Crippen molar-refractivity contribution in [1.29, 1.82) is 0 Å². The van der Waals surface area contributed by atoms with E-state index in [1.54, 1.807) is 6.20 Å². The van der Waals surface area contributed by atoms with Crippen molar-refractivity contribution >= 4 is 0 Å². The first-order valence-electron chi connectivity index (χ1n) is 6.30. The lowest BCUT2D eigenvalue weighted by molar-refractivity contribution is -0.274. The minimum Gasteiger partial charge on any atom is -0.406 e. The molecule has 0 bridgehead atoms. The molecule has 0 saturated carbocycles. The number of halogens is 3. The van der Waals surface area contributed by atoms with E-state index >= 15 is 0 Å². The maximum atomic E-state index is 12.1. The highest BCUT2D eigenvalue weighted by Gasteiger charge is 2.31. The summed E-state index contributed by atoms with van der Waals surface area (Å²) in [4.78, 5) is 8.65. The third kappa shape index (κ3) is 3.30. The van der Waals surface area contributed by atoms with Crippen LogP contribution in [0.4, 0.5) is 13.2 Å². The molecule has 2 heterocycles. The van der Waals surface area contributed by atoms with Crippen LogP contribution in [0.15, 0.2) is 30.5 Å². The molecular formula is C14H11F3N2O2. The van der Waals surface area contributed by atoms with Crippen molar-refractivity contribution in [2.45, 2.75) is 19.4 Å². The Bertz CT molecular complexity index is 642. The van der Waals surface area contributed by atoms with Crippen LogP contribution in [0, 0.1) is 0 Å². The number of nitrogens with zero attached hydrogens (tertiary/aromatic N) is 2. The van der Waals surface area contributed by atoms with Crippen LogP contribution in [0.5, 0.6) is 5.75 Å². The second kappa shape index (κ2) is 5.33. The van der Waals surface area contributed by atoms with Gasteiger partial charge in [0, 0.05) is 23.7 Å². The Kier molecular flexibility index (Phi) is 3.50. The van der Waals surface area contributed by atoms with E-state index < -0.39 is 6.36 Å². The van der Waals surface area contributed by atoms with Crippen molar-refractivity contribution in [2.24, 2.45) is 0 Å². The first-order valence-corrected chi connectivity index (χ1v) is 6.30. The van der Waals surface area contributed by atoms with Crippen molar-refractivity contribution in [3.8, 4) is 17.1 Å². The Morgan fingerprint density at radius 2 is 1.90 bits per heavy atom. The van der Waals surface area contributed by atoms with Crippen molar-refractivity contribution in [3.63, 3.8) is 0 Å². The summed E-state index contributed by atoms with van der Waals surface area (Å²) < 4.78 is 45.4. The molecule has 1 aromatic heterocycles. The van der Waals surface area contributed by atoms with Gasteiger partial charge >= 0.3 is 6.36 Å². The van der Waals surface area contributed by atoms with Crippen LogP contribution < -0.4 is 4.74 Å². The molecule has 1 aromatic carbocycles. The second-order valence-corrected chi connectivity index (χ2v) is 4.54. The summed E-state index contributed by atoms with van der Waals surface area (Å²) in [6, 6.07) is 5.49. The summed E-state index contributed by atoms with van der Waals surface area (Å²) in [5.74, 6) is 0.215. The molecule has 0 radical (unpaired) electrons. The van der Waals surface area contributed by atoms with Gasteiger partial charge in [0.05, 0.1) is 18.9 Å². The summed E-state index contributed by atoms with van der Waals surface area (Å²) in [7, 11) is 0. The average molecular weight is 296 g/mol. The van der Waals surface area contributed by atoms with Gasteiger partial charge in [-0.15, -0.1) is 13.2 Å². The van der Waals surface area contributed by atoms with Gasteiger partial charge in [-0.05, 0) is 24.3 Å². The highest BCUT2D eigenvalue weighted by atomic mass is 19.4. The van der Waals surface area contributed by atoms with Crippen LogP contribution in [0.3, 0.4) is 0 Å². The van der Waals surface area contributed by atoms with Crippen molar-refractivity contribution in [3.05, 3.63) is 41.7 Å². The summed E-state index contributed by atoms with van der Waals surface area (Å²) in [5.41, 5.74) is 2.50. The lowest BCUT2D eigenvalue weighted by Crippen LogP contribution is -2.17. The third-order valence-electron chi connectivity index (χ3n) is 3.04. The molecule has 110 valence electrons. The van der Waals surface area contributed by atoms with E-state index in [4.69, 9.17) is 4.74 Å². The van der Waals surface area contributed by atoms with Gasteiger partial charge in [-0.3, -0.25) is 0 Å². The molecule has 0 aliphatic carbocycles. The van der Waals surface area contributed by atoms with Gasteiger partial charge in [-0.25, -0.2) is 9.97 Å². The molecule has 0 spiro atoms. The van der Waals surface area contributed by atoms with Crippen LogP contribution in [-0.4, -0.2) is 22.9 Å². The number of aromatic nitrogens is 2. The molecule has 2 aromatic rings. The number of ether oxygens (including phenoxy) is 2. The number of rotatable bonds is 2. The van der Waals surface area contributed by atoms with E-state index in [0.29, 0.717) is 31.0 Å².